The Bertz CT molecular complexity index is 825. The number of hydrogen-bond acceptors (Lipinski definition) is 8. The number of benzene rings is 1. The quantitative estimate of drug-likeness (QED) is 0.124. The van der Waals surface area contributed by atoms with Gasteiger partial charge in [0.25, 0.3) is 0 Å². The predicted molar refractivity (Wildman–Crippen MR) is 121 cm³/mol. The van der Waals surface area contributed by atoms with Crippen molar-refractivity contribution in [2.75, 3.05) is 19.8 Å². The minimum Gasteiger partial charge on any atom is -0.466 e. The first-order chi connectivity index (χ1) is 16.2. The van der Waals surface area contributed by atoms with E-state index in [0.717, 1.165) is 18.6 Å². The van der Waals surface area contributed by atoms with Crippen LogP contribution in [0.4, 0.5) is 4.39 Å². The zero-order valence-electron chi connectivity index (χ0n) is 20.1. The van der Waals surface area contributed by atoms with E-state index in [0.29, 0.717) is 32.1 Å². The highest BCUT2D eigenvalue weighted by Crippen LogP contribution is 2.30. The smallest absolute Gasteiger partial charge is 0.340 e. The molecule has 0 fully saturated rings. The Morgan fingerprint density at radius 1 is 0.882 bits per heavy atom. The number of esters is 3. The summed E-state index contributed by atoms with van der Waals surface area (Å²) in [6.07, 6.45) is 2.50. The van der Waals surface area contributed by atoms with Crippen LogP contribution in [0.2, 0.25) is 0 Å². The molecular formula is C25H35FO8. The van der Waals surface area contributed by atoms with Crippen molar-refractivity contribution in [3.63, 3.8) is 0 Å². The summed E-state index contributed by atoms with van der Waals surface area (Å²) in [5.41, 5.74) is -3.47. The molecule has 1 N–H and O–H groups in total. The lowest BCUT2D eigenvalue weighted by molar-refractivity contribution is -0.183. The lowest BCUT2D eigenvalue weighted by atomic mass is 9.79. The molecular weight excluding hydrogens is 447 g/mol. The molecule has 0 aliphatic rings. The fraction of sp³-hybridized carbons (Fsp3) is 0.600. The van der Waals surface area contributed by atoms with Crippen LogP contribution in [0.3, 0.4) is 0 Å². The number of carbonyl (C=O) groups excluding carboxylic acids is 4. The minimum atomic E-state index is -2.94. The molecule has 1 aromatic carbocycles. The van der Waals surface area contributed by atoms with Crippen molar-refractivity contribution in [3.8, 4) is 0 Å². The van der Waals surface area contributed by atoms with Crippen molar-refractivity contribution >= 4 is 23.7 Å². The fourth-order valence-electron chi connectivity index (χ4n) is 3.06. The third kappa shape index (κ3) is 8.52. The molecule has 0 aliphatic carbocycles. The molecule has 34 heavy (non-hydrogen) atoms. The van der Waals surface area contributed by atoms with Crippen LogP contribution in [0.15, 0.2) is 24.3 Å². The Morgan fingerprint density at radius 2 is 1.41 bits per heavy atom. The molecule has 190 valence electrons. The summed E-state index contributed by atoms with van der Waals surface area (Å²) in [7, 11) is 0. The molecule has 0 aromatic heterocycles. The van der Waals surface area contributed by atoms with Gasteiger partial charge in [-0.1, -0.05) is 52.2 Å². The number of halogens is 1. The van der Waals surface area contributed by atoms with Gasteiger partial charge in [0.1, 0.15) is 5.82 Å². The first-order valence-corrected chi connectivity index (χ1v) is 11.7. The summed E-state index contributed by atoms with van der Waals surface area (Å²) >= 11 is 0. The van der Waals surface area contributed by atoms with Gasteiger partial charge in [0.2, 0.25) is 0 Å². The van der Waals surface area contributed by atoms with Crippen molar-refractivity contribution in [1.29, 1.82) is 0 Å². The van der Waals surface area contributed by atoms with E-state index in [1.54, 1.807) is 0 Å². The van der Waals surface area contributed by atoms with Gasteiger partial charge in [0.15, 0.2) is 17.3 Å². The molecule has 0 radical (unpaired) electrons. The fourth-order valence-corrected chi connectivity index (χ4v) is 3.06. The molecule has 0 saturated heterocycles. The first kappa shape index (κ1) is 29.2. The average Bonchev–Trinajstić information content (AvgIpc) is 2.79. The van der Waals surface area contributed by atoms with E-state index >= 15 is 0 Å². The number of aliphatic hydroxyl groups is 1. The van der Waals surface area contributed by atoms with E-state index in [2.05, 4.69) is 0 Å². The Morgan fingerprint density at radius 3 is 1.97 bits per heavy atom. The van der Waals surface area contributed by atoms with Crippen LogP contribution >= 0.6 is 0 Å². The number of rotatable bonds is 16. The zero-order chi connectivity index (χ0) is 25.6. The van der Waals surface area contributed by atoms with Crippen molar-refractivity contribution < 1.29 is 42.9 Å². The number of ketones is 1. The average molecular weight is 483 g/mol. The van der Waals surface area contributed by atoms with Crippen molar-refractivity contribution in [2.24, 2.45) is 5.92 Å². The summed E-state index contributed by atoms with van der Waals surface area (Å²) in [6.45, 7) is 5.42. The minimum absolute atomic E-state index is 0.0309. The summed E-state index contributed by atoms with van der Waals surface area (Å²) in [5.74, 6) is -7.99. The summed E-state index contributed by atoms with van der Waals surface area (Å²) < 4.78 is 29.7. The normalized spacial score (nSPS) is 13.4. The maximum atomic E-state index is 14.4. The van der Waals surface area contributed by atoms with Gasteiger partial charge in [0, 0.05) is 0 Å². The standard InChI is InChI=1S/C25H35FO8/c1-4-7-14-32-20(27)17-25(31,24(30)34-16-9-6-3)21(23(29)33-15-8-5-2)22(28)18-12-10-11-13-19(18)26/h10-13,21,31H,4-9,14-17H2,1-3H3. The molecule has 0 saturated carbocycles. The molecule has 0 bridgehead atoms. The van der Waals surface area contributed by atoms with Crippen LogP contribution in [0, 0.1) is 11.7 Å². The van der Waals surface area contributed by atoms with Gasteiger partial charge >= 0.3 is 17.9 Å². The van der Waals surface area contributed by atoms with Crippen molar-refractivity contribution in [2.45, 2.75) is 71.3 Å². The highest BCUT2D eigenvalue weighted by molar-refractivity contribution is 6.13. The third-order valence-electron chi connectivity index (χ3n) is 5.12. The SMILES string of the molecule is CCCCOC(=O)CC(O)(C(=O)OCCCC)C(C(=O)OCCCC)C(=O)c1ccccc1F. The largest absolute Gasteiger partial charge is 0.466 e. The molecule has 8 nitrogen and oxygen atoms in total. The molecule has 1 rings (SSSR count). The van der Waals surface area contributed by atoms with Gasteiger partial charge in [-0.15, -0.1) is 0 Å². The summed E-state index contributed by atoms with van der Waals surface area (Å²) in [4.78, 5) is 51.7. The maximum absolute atomic E-state index is 14.4. The second-order valence-corrected chi connectivity index (χ2v) is 7.96. The predicted octanol–water partition coefficient (Wildman–Crippen LogP) is 3.78. The molecule has 0 heterocycles. The van der Waals surface area contributed by atoms with Gasteiger partial charge in [-0.3, -0.25) is 14.4 Å². The first-order valence-electron chi connectivity index (χ1n) is 11.7. The van der Waals surface area contributed by atoms with E-state index in [9.17, 15) is 28.7 Å². The molecule has 9 heteroatoms. The van der Waals surface area contributed by atoms with Gasteiger partial charge < -0.3 is 19.3 Å². The van der Waals surface area contributed by atoms with Crippen molar-refractivity contribution in [3.05, 3.63) is 35.6 Å². The van der Waals surface area contributed by atoms with E-state index in [4.69, 9.17) is 14.2 Å². The zero-order valence-corrected chi connectivity index (χ0v) is 20.1. The number of carbonyl (C=O) groups is 4. The molecule has 0 aliphatic heterocycles. The van der Waals surface area contributed by atoms with E-state index in [1.807, 2.05) is 20.8 Å². The molecule has 0 spiro atoms. The second-order valence-electron chi connectivity index (χ2n) is 7.96. The number of Topliss-reactive ketones (excluding diaryl/α,β-unsaturated/α-hetero) is 1. The lowest BCUT2D eigenvalue weighted by Crippen LogP contribution is -2.55. The third-order valence-corrected chi connectivity index (χ3v) is 5.12. The second kappa shape index (κ2) is 15.2. The van der Waals surface area contributed by atoms with Crippen molar-refractivity contribution in [1.82, 2.24) is 0 Å². The summed E-state index contributed by atoms with van der Waals surface area (Å²) in [6, 6.07) is 4.83. The van der Waals surface area contributed by atoms with Crippen LogP contribution < -0.4 is 0 Å². The van der Waals surface area contributed by atoms with E-state index < -0.39 is 53.0 Å². The molecule has 1 aromatic rings. The number of hydrogen-bond donors (Lipinski definition) is 1. The van der Waals surface area contributed by atoms with Crippen LogP contribution in [-0.4, -0.2) is 54.2 Å². The van der Waals surface area contributed by atoms with Gasteiger partial charge in [-0.2, -0.15) is 0 Å². The van der Waals surface area contributed by atoms with Crippen LogP contribution in [-0.2, 0) is 28.6 Å². The highest BCUT2D eigenvalue weighted by atomic mass is 19.1. The maximum Gasteiger partial charge on any atom is 0.340 e. The molecule has 2 unspecified atom stereocenters. The Balaban J connectivity index is 3.43. The molecule has 2 atom stereocenters. The van der Waals surface area contributed by atoms with Gasteiger partial charge in [-0.05, 0) is 31.4 Å². The number of unbranched alkanes of at least 4 members (excludes halogenated alkanes) is 3. The monoisotopic (exact) mass is 482 g/mol. The van der Waals surface area contributed by atoms with Crippen LogP contribution in [0.25, 0.3) is 0 Å². The summed E-state index contributed by atoms with van der Waals surface area (Å²) in [5, 5.41) is 11.4. The Hall–Kier alpha value is -2.81. The topological polar surface area (TPSA) is 116 Å². The van der Waals surface area contributed by atoms with Crippen LogP contribution in [0.1, 0.15) is 76.1 Å². The van der Waals surface area contributed by atoms with Gasteiger partial charge in [-0.25, -0.2) is 9.18 Å². The highest BCUT2D eigenvalue weighted by Gasteiger charge is 2.56. The van der Waals surface area contributed by atoms with Crippen LogP contribution in [0.5, 0.6) is 0 Å². The lowest BCUT2D eigenvalue weighted by Gasteiger charge is -2.31. The molecule has 0 amide bonds. The van der Waals surface area contributed by atoms with Gasteiger partial charge in [0.05, 0.1) is 31.8 Å². The number of ether oxygens (including phenoxy) is 3. The van der Waals surface area contributed by atoms with E-state index in [-0.39, 0.29) is 19.8 Å². The van der Waals surface area contributed by atoms with E-state index in [1.165, 1.54) is 12.1 Å². The Kier molecular flexibility index (Phi) is 13.0. The Labute approximate surface area is 199 Å².